The molecule has 1 aliphatic carbocycles. The molecule has 6 heteroatoms. The fourth-order valence-corrected chi connectivity index (χ4v) is 2.60. The Balaban J connectivity index is 2.54. The van der Waals surface area contributed by atoms with E-state index in [1.807, 2.05) is 13.8 Å². The molecule has 5 N–H and O–H groups in total. The van der Waals surface area contributed by atoms with Crippen molar-refractivity contribution in [2.45, 2.75) is 64.0 Å². The van der Waals surface area contributed by atoms with Gasteiger partial charge >= 0.3 is 6.03 Å². The third-order valence-corrected chi connectivity index (χ3v) is 4.17. The van der Waals surface area contributed by atoms with Crippen LogP contribution in [0.3, 0.4) is 0 Å². The standard InChI is InChI=1S/C14H27N3O3/c1-3-10(2)11(17-13(15)19)12(18)16-9-14(20)7-5-4-6-8-14/h10-11,20H,3-9H2,1-2H3,(H,16,18)(H3,15,17,19). The van der Waals surface area contributed by atoms with Gasteiger partial charge in [-0.1, -0.05) is 39.5 Å². The van der Waals surface area contributed by atoms with Gasteiger partial charge in [-0.05, 0) is 18.8 Å². The van der Waals surface area contributed by atoms with E-state index in [9.17, 15) is 14.7 Å². The summed E-state index contributed by atoms with van der Waals surface area (Å²) < 4.78 is 0. The molecule has 3 amide bonds. The average Bonchev–Trinajstić information content (AvgIpc) is 2.42. The molecular formula is C14H27N3O3. The molecular weight excluding hydrogens is 258 g/mol. The zero-order chi connectivity index (χ0) is 15.2. The number of nitrogens with one attached hydrogen (secondary N) is 2. The first-order chi connectivity index (χ1) is 9.38. The summed E-state index contributed by atoms with van der Waals surface area (Å²) in [6, 6.07) is -1.36. The van der Waals surface area contributed by atoms with Crippen molar-refractivity contribution in [1.29, 1.82) is 0 Å². The monoisotopic (exact) mass is 285 g/mol. The Morgan fingerprint density at radius 1 is 1.30 bits per heavy atom. The molecule has 0 aromatic rings. The topological polar surface area (TPSA) is 104 Å². The molecule has 1 saturated carbocycles. The molecule has 0 heterocycles. The number of carbonyl (C=O) groups is 2. The number of primary amides is 1. The van der Waals surface area contributed by atoms with E-state index < -0.39 is 17.7 Å². The largest absolute Gasteiger partial charge is 0.388 e. The van der Waals surface area contributed by atoms with E-state index >= 15 is 0 Å². The van der Waals surface area contributed by atoms with Crippen LogP contribution in [0.2, 0.25) is 0 Å². The summed E-state index contributed by atoms with van der Waals surface area (Å²) in [7, 11) is 0. The maximum absolute atomic E-state index is 12.2. The highest BCUT2D eigenvalue weighted by atomic mass is 16.3. The summed E-state index contributed by atoms with van der Waals surface area (Å²) in [5.41, 5.74) is 4.30. The van der Waals surface area contributed by atoms with Crippen LogP contribution in [0.1, 0.15) is 52.4 Å². The van der Waals surface area contributed by atoms with Gasteiger partial charge in [0.1, 0.15) is 6.04 Å². The van der Waals surface area contributed by atoms with Crippen LogP contribution in [-0.2, 0) is 4.79 Å². The Morgan fingerprint density at radius 3 is 2.40 bits per heavy atom. The molecule has 0 radical (unpaired) electrons. The summed E-state index contributed by atoms with van der Waals surface area (Å²) in [5.74, 6) is -0.291. The zero-order valence-corrected chi connectivity index (χ0v) is 12.4. The SMILES string of the molecule is CCC(C)C(NC(N)=O)C(=O)NCC1(O)CCCCC1. The van der Waals surface area contributed by atoms with Crippen LogP contribution >= 0.6 is 0 Å². The molecule has 0 spiro atoms. The van der Waals surface area contributed by atoms with E-state index in [0.717, 1.165) is 25.7 Å². The highest BCUT2D eigenvalue weighted by Crippen LogP contribution is 2.27. The predicted octanol–water partition coefficient (Wildman–Crippen LogP) is 0.881. The highest BCUT2D eigenvalue weighted by molar-refractivity contribution is 5.86. The van der Waals surface area contributed by atoms with Crippen molar-refractivity contribution in [3.8, 4) is 0 Å². The molecule has 0 aromatic carbocycles. The maximum atomic E-state index is 12.2. The van der Waals surface area contributed by atoms with Gasteiger partial charge < -0.3 is 21.5 Å². The molecule has 6 nitrogen and oxygen atoms in total. The van der Waals surface area contributed by atoms with Gasteiger partial charge in [0.05, 0.1) is 5.60 Å². The Hall–Kier alpha value is -1.30. The van der Waals surface area contributed by atoms with Gasteiger partial charge in [0.25, 0.3) is 0 Å². The number of hydrogen-bond donors (Lipinski definition) is 4. The van der Waals surface area contributed by atoms with E-state index in [0.29, 0.717) is 12.8 Å². The minimum absolute atomic E-state index is 0.0106. The molecule has 116 valence electrons. The molecule has 2 atom stereocenters. The molecule has 0 aromatic heterocycles. The lowest BCUT2D eigenvalue weighted by atomic mass is 9.85. The number of urea groups is 1. The minimum atomic E-state index is -0.805. The first-order valence-electron chi connectivity index (χ1n) is 7.44. The van der Waals surface area contributed by atoms with Gasteiger partial charge in [0.15, 0.2) is 0 Å². The van der Waals surface area contributed by atoms with Crippen LogP contribution < -0.4 is 16.4 Å². The van der Waals surface area contributed by atoms with Gasteiger partial charge in [-0.2, -0.15) is 0 Å². The first-order valence-corrected chi connectivity index (χ1v) is 7.44. The lowest BCUT2D eigenvalue weighted by Crippen LogP contribution is -2.54. The van der Waals surface area contributed by atoms with Gasteiger partial charge in [-0.25, -0.2) is 4.79 Å². The smallest absolute Gasteiger partial charge is 0.312 e. The molecule has 1 rings (SSSR count). The van der Waals surface area contributed by atoms with Crippen molar-refractivity contribution in [1.82, 2.24) is 10.6 Å². The van der Waals surface area contributed by atoms with Gasteiger partial charge in [0, 0.05) is 6.54 Å². The number of rotatable bonds is 6. The molecule has 1 aliphatic rings. The van der Waals surface area contributed by atoms with Crippen molar-refractivity contribution in [3.63, 3.8) is 0 Å². The summed E-state index contributed by atoms with van der Waals surface area (Å²) >= 11 is 0. The van der Waals surface area contributed by atoms with Crippen molar-refractivity contribution < 1.29 is 14.7 Å². The highest BCUT2D eigenvalue weighted by Gasteiger charge is 2.31. The fourth-order valence-electron chi connectivity index (χ4n) is 2.60. The van der Waals surface area contributed by atoms with Crippen LogP contribution in [0.25, 0.3) is 0 Å². The fraction of sp³-hybridized carbons (Fsp3) is 0.857. The molecule has 0 saturated heterocycles. The maximum Gasteiger partial charge on any atom is 0.312 e. The number of carbonyl (C=O) groups excluding carboxylic acids is 2. The second kappa shape index (κ2) is 7.47. The van der Waals surface area contributed by atoms with Gasteiger partial charge in [-0.15, -0.1) is 0 Å². The Bertz CT molecular complexity index is 341. The number of nitrogens with two attached hydrogens (primary N) is 1. The van der Waals surface area contributed by atoms with Crippen LogP contribution in [-0.4, -0.2) is 35.2 Å². The third kappa shape index (κ3) is 5.00. The third-order valence-electron chi connectivity index (χ3n) is 4.17. The number of aliphatic hydroxyl groups is 1. The Labute approximate surface area is 120 Å². The lowest BCUT2D eigenvalue weighted by Gasteiger charge is -2.33. The quantitative estimate of drug-likeness (QED) is 0.582. The van der Waals surface area contributed by atoms with Crippen molar-refractivity contribution >= 4 is 11.9 Å². The van der Waals surface area contributed by atoms with Crippen molar-refractivity contribution in [2.24, 2.45) is 11.7 Å². The molecule has 1 fully saturated rings. The normalized spacial score (nSPS) is 20.8. The second-order valence-corrected chi connectivity index (χ2v) is 5.87. The molecule has 2 unspecified atom stereocenters. The second-order valence-electron chi connectivity index (χ2n) is 5.87. The lowest BCUT2D eigenvalue weighted by molar-refractivity contribution is -0.125. The number of hydrogen-bond acceptors (Lipinski definition) is 3. The van der Waals surface area contributed by atoms with Crippen LogP contribution in [0, 0.1) is 5.92 Å². The van der Waals surface area contributed by atoms with Crippen molar-refractivity contribution in [3.05, 3.63) is 0 Å². The molecule has 0 bridgehead atoms. The van der Waals surface area contributed by atoms with E-state index in [4.69, 9.17) is 5.73 Å². The summed E-state index contributed by atoms with van der Waals surface area (Å²) in [6.07, 6.45) is 5.29. The van der Waals surface area contributed by atoms with E-state index in [1.165, 1.54) is 0 Å². The van der Waals surface area contributed by atoms with Gasteiger partial charge in [0.2, 0.25) is 5.91 Å². The molecule has 20 heavy (non-hydrogen) atoms. The predicted molar refractivity (Wildman–Crippen MR) is 77.0 cm³/mol. The average molecular weight is 285 g/mol. The van der Waals surface area contributed by atoms with Crippen LogP contribution in [0.4, 0.5) is 4.79 Å². The number of amides is 3. The van der Waals surface area contributed by atoms with E-state index in [2.05, 4.69) is 10.6 Å². The van der Waals surface area contributed by atoms with E-state index in [-0.39, 0.29) is 18.4 Å². The van der Waals surface area contributed by atoms with Crippen molar-refractivity contribution in [2.75, 3.05) is 6.54 Å². The van der Waals surface area contributed by atoms with Crippen LogP contribution in [0.15, 0.2) is 0 Å². The van der Waals surface area contributed by atoms with Gasteiger partial charge in [-0.3, -0.25) is 4.79 Å². The Kier molecular flexibility index (Phi) is 6.26. The van der Waals surface area contributed by atoms with E-state index in [1.54, 1.807) is 0 Å². The van der Waals surface area contributed by atoms with Crippen LogP contribution in [0.5, 0.6) is 0 Å². The molecule has 0 aliphatic heterocycles. The minimum Gasteiger partial charge on any atom is -0.388 e. The zero-order valence-electron chi connectivity index (χ0n) is 12.4. The summed E-state index contributed by atoms with van der Waals surface area (Å²) in [4.78, 5) is 23.2. The first kappa shape index (κ1) is 16.8. The summed E-state index contributed by atoms with van der Waals surface area (Å²) in [6.45, 7) is 4.07. The Morgan fingerprint density at radius 2 is 1.90 bits per heavy atom. The summed E-state index contributed by atoms with van der Waals surface area (Å²) in [5, 5.41) is 15.6.